The van der Waals surface area contributed by atoms with Gasteiger partial charge in [-0.3, -0.25) is 19.7 Å². The van der Waals surface area contributed by atoms with Crippen molar-refractivity contribution in [1.29, 1.82) is 0 Å². The molecule has 1 aromatic heterocycles. The van der Waals surface area contributed by atoms with E-state index in [4.69, 9.17) is 5.73 Å². The number of nitro benzene ring substituents is 1. The lowest BCUT2D eigenvalue weighted by Crippen LogP contribution is -2.18. The van der Waals surface area contributed by atoms with Gasteiger partial charge in [0.2, 0.25) is 5.91 Å². The summed E-state index contributed by atoms with van der Waals surface area (Å²) < 4.78 is 0. The van der Waals surface area contributed by atoms with Gasteiger partial charge in [0.05, 0.1) is 4.92 Å². The van der Waals surface area contributed by atoms with Gasteiger partial charge < -0.3 is 10.7 Å². The van der Waals surface area contributed by atoms with Crippen molar-refractivity contribution in [2.75, 3.05) is 0 Å². The molecule has 0 aliphatic heterocycles. The predicted octanol–water partition coefficient (Wildman–Crippen LogP) is 1.90. The van der Waals surface area contributed by atoms with Gasteiger partial charge in [0.1, 0.15) is 0 Å². The number of pyridine rings is 1. The lowest BCUT2D eigenvalue weighted by Gasteiger charge is -2.11. The lowest BCUT2D eigenvalue weighted by molar-refractivity contribution is -0.384. The number of nitrogens with zero attached hydrogens (tertiary/aromatic N) is 1. The Labute approximate surface area is 132 Å². The molecule has 3 N–H and O–H groups in total. The molecule has 2 rings (SSSR count). The van der Waals surface area contributed by atoms with Crippen molar-refractivity contribution in [3.8, 4) is 0 Å². The van der Waals surface area contributed by atoms with Gasteiger partial charge in [0, 0.05) is 35.4 Å². The van der Waals surface area contributed by atoms with E-state index >= 15 is 0 Å². The highest BCUT2D eigenvalue weighted by Crippen LogP contribution is 2.24. The van der Waals surface area contributed by atoms with Gasteiger partial charge in [-0.15, -0.1) is 0 Å². The molecule has 0 fully saturated rings. The Balaban J connectivity index is 2.62. The minimum Gasteiger partial charge on any atom is -0.366 e. The number of hydrogen-bond donors (Lipinski definition) is 2. The smallest absolute Gasteiger partial charge is 0.270 e. The summed E-state index contributed by atoms with van der Waals surface area (Å²) in [5.41, 5.74) is 8.04. The summed E-state index contributed by atoms with van der Waals surface area (Å²) in [5.74, 6) is -0.734. The number of aromatic amines is 1. The van der Waals surface area contributed by atoms with Gasteiger partial charge in [-0.2, -0.15) is 0 Å². The van der Waals surface area contributed by atoms with Gasteiger partial charge in [0.15, 0.2) is 0 Å². The molecule has 0 unspecified atom stereocenters. The van der Waals surface area contributed by atoms with Crippen LogP contribution in [0.1, 0.15) is 38.3 Å². The number of carbonyl (C=O) groups excluding carboxylic acids is 1. The van der Waals surface area contributed by atoms with E-state index in [9.17, 15) is 19.7 Å². The number of amides is 1. The third kappa shape index (κ3) is 3.28. The van der Waals surface area contributed by atoms with Crippen LogP contribution in [0.2, 0.25) is 0 Å². The molecule has 0 saturated heterocycles. The molecule has 0 spiro atoms. The fraction of sp³-hybridized carbons (Fsp3) is 0.250. The van der Waals surface area contributed by atoms with Crippen molar-refractivity contribution in [2.45, 2.75) is 27.2 Å². The van der Waals surface area contributed by atoms with Crippen LogP contribution in [0.15, 0.2) is 23.0 Å². The molecule has 0 aliphatic rings. The molecule has 0 saturated carbocycles. The molecule has 0 bridgehead atoms. The molecule has 23 heavy (non-hydrogen) atoms. The quantitative estimate of drug-likeness (QED) is 0.661. The van der Waals surface area contributed by atoms with E-state index in [1.54, 1.807) is 20.8 Å². The van der Waals surface area contributed by atoms with Crippen LogP contribution < -0.4 is 11.3 Å². The van der Waals surface area contributed by atoms with Crippen molar-refractivity contribution in [3.63, 3.8) is 0 Å². The maximum absolute atomic E-state index is 12.1. The molecule has 1 amide bonds. The summed E-state index contributed by atoms with van der Waals surface area (Å²) in [6.07, 6.45) is 0.190. The number of rotatable bonds is 4. The molecule has 0 radical (unpaired) electrons. The Bertz CT molecular complexity index is 868. The number of aromatic nitrogens is 1. The topological polar surface area (TPSA) is 119 Å². The van der Waals surface area contributed by atoms with Gasteiger partial charge in [0.25, 0.3) is 11.2 Å². The average Bonchev–Trinajstić information content (AvgIpc) is 2.43. The molecule has 0 atom stereocenters. The molecule has 7 nitrogen and oxygen atoms in total. The second-order valence-corrected chi connectivity index (χ2v) is 5.52. The molecule has 2 aromatic rings. The van der Waals surface area contributed by atoms with Crippen molar-refractivity contribution in [1.82, 2.24) is 4.98 Å². The van der Waals surface area contributed by atoms with Crippen LogP contribution in [-0.4, -0.2) is 15.8 Å². The van der Waals surface area contributed by atoms with E-state index < -0.39 is 10.8 Å². The van der Waals surface area contributed by atoms with E-state index in [0.29, 0.717) is 16.7 Å². The second-order valence-electron chi connectivity index (χ2n) is 5.52. The zero-order valence-electron chi connectivity index (χ0n) is 13.1. The van der Waals surface area contributed by atoms with E-state index in [0.717, 1.165) is 17.3 Å². The largest absolute Gasteiger partial charge is 0.366 e. The number of carbonyl (C=O) groups is 1. The highest BCUT2D eigenvalue weighted by molar-refractivity contribution is 5.95. The molecule has 120 valence electrons. The first-order chi connectivity index (χ1) is 10.7. The fourth-order valence-electron chi connectivity index (χ4n) is 2.59. The average molecular weight is 315 g/mol. The van der Waals surface area contributed by atoms with Crippen LogP contribution in [0.25, 0.3) is 0 Å². The van der Waals surface area contributed by atoms with Crippen LogP contribution in [0.4, 0.5) is 5.69 Å². The summed E-state index contributed by atoms with van der Waals surface area (Å²) in [7, 11) is 0. The van der Waals surface area contributed by atoms with Crippen molar-refractivity contribution in [3.05, 3.63) is 72.2 Å². The number of primary amides is 1. The molecule has 1 aromatic carbocycles. The maximum atomic E-state index is 12.1. The Kier molecular flexibility index (Phi) is 4.31. The first-order valence-corrected chi connectivity index (χ1v) is 6.97. The van der Waals surface area contributed by atoms with E-state index in [-0.39, 0.29) is 23.2 Å². The monoisotopic (exact) mass is 315 g/mol. The van der Waals surface area contributed by atoms with E-state index in [1.165, 1.54) is 6.07 Å². The minimum absolute atomic E-state index is 0.0930. The number of nitro groups is 1. The van der Waals surface area contributed by atoms with Gasteiger partial charge in [-0.1, -0.05) is 0 Å². The summed E-state index contributed by atoms with van der Waals surface area (Å²) in [6.45, 7) is 5.25. The first-order valence-electron chi connectivity index (χ1n) is 6.97. The van der Waals surface area contributed by atoms with Crippen LogP contribution >= 0.6 is 0 Å². The molecule has 1 heterocycles. The SMILES string of the molecule is Cc1cc(C)c(Cc2cc([N+](=O)[O-])cc(C(N)=O)c2C)c(=O)[nH]1. The fourth-order valence-corrected chi connectivity index (χ4v) is 2.59. The number of aryl methyl sites for hydroxylation is 2. The standard InChI is InChI=1S/C16H17N3O4/c1-8-4-9(2)18-16(21)13(8)6-11-5-12(19(22)23)7-14(10(11)3)15(17)20/h4-5,7H,6H2,1-3H3,(H2,17,20)(H,18,21). The lowest BCUT2D eigenvalue weighted by atomic mass is 9.94. The molecular formula is C16H17N3O4. The van der Waals surface area contributed by atoms with Crippen LogP contribution in [-0.2, 0) is 6.42 Å². The first kappa shape index (κ1) is 16.4. The zero-order chi connectivity index (χ0) is 17.3. The number of non-ortho nitro benzene ring substituents is 1. The third-order valence-electron chi connectivity index (χ3n) is 3.84. The normalized spacial score (nSPS) is 10.6. The van der Waals surface area contributed by atoms with Gasteiger partial charge in [-0.05, 0) is 43.5 Å². The number of nitrogens with two attached hydrogens (primary N) is 1. The van der Waals surface area contributed by atoms with E-state index in [1.807, 2.05) is 6.07 Å². The predicted molar refractivity (Wildman–Crippen MR) is 85.7 cm³/mol. The van der Waals surface area contributed by atoms with Crippen LogP contribution in [0.5, 0.6) is 0 Å². The highest BCUT2D eigenvalue weighted by atomic mass is 16.6. The second kappa shape index (κ2) is 6.04. The molecule has 0 aliphatic carbocycles. The number of benzene rings is 1. The van der Waals surface area contributed by atoms with Crippen LogP contribution in [0, 0.1) is 30.9 Å². The Hall–Kier alpha value is -2.96. The van der Waals surface area contributed by atoms with Crippen LogP contribution in [0.3, 0.4) is 0 Å². The Morgan fingerprint density at radius 3 is 2.43 bits per heavy atom. The minimum atomic E-state index is -0.734. The number of H-pyrrole nitrogens is 1. The summed E-state index contributed by atoms with van der Waals surface area (Å²) >= 11 is 0. The highest BCUT2D eigenvalue weighted by Gasteiger charge is 2.18. The summed E-state index contributed by atoms with van der Waals surface area (Å²) in [5, 5.41) is 11.1. The zero-order valence-corrected chi connectivity index (χ0v) is 13.1. The molecular weight excluding hydrogens is 298 g/mol. The van der Waals surface area contributed by atoms with Crippen molar-refractivity contribution < 1.29 is 9.72 Å². The third-order valence-corrected chi connectivity index (χ3v) is 3.84. The maximum Gasteiger partial charge on any atom is 0.270 e. The van der Waals surface area contributed by atoms with Gasteiger partial charge in [-0.25, -0.2) is 0 Å². The number of hydrogen-bond acceptors (Lipinski definition) is 4. The van der Waals surface area contributed by atoms with Crippen molar-refractivity contribution >= 4 is 11.6 Å². The Morgan fingerprint density at radius 2 is 1.91 bits per heavy atom. The summed E-state index contributed by atoms with van der Waals surface area (Å²) in [6, 6.07) is 4.37. The number of nitrogens with one attached hydrogen (secondary N) is 1. The van der Waals surface area contributed by atoms with E-state index in [2.05, 4.69) is 4.98 Å². The molecule has 7 heteroatoms. The Morgan fingerprint density at radius 1 is 1.26 bits per heavy atom. The van der Waals surface area contributed by atoms with Crippen molar-refractivity contribution in [2.24, 2.45) is 5.73 Å². The van der Waals surface area contributed by atoms with Gasteiger partial charge >= 0.3 is 0 Å². The summed E-state index contributed by atoms with van der Waals surface area (Å²) in [4.78, 5) is 36.8.